The van der Waals surface area contributed by atoms with E-state index in [2.05, 4.69) is 19.7 Å². The third kappa shape index (κ3) is 3.20. The van der Waals surface area contributed by atoms with Crippen LogP contribution in [0.3, 0.4) is 0 Å². The number of para-hydroxylation sites is 1. The van der Waals surface area contributed by atoms with Crippen LogP contribution in [0.25, 0.3) is 0 Å². The highest BCUT2D eigenvalue weighted by Crippen LogP contribution is 2.32. The van der Waals surface area contributed by atoms with Gasteiger partial charge < -0.3 is 0 Å². The summed E-state index contributed by atoms with van der Waals surface area (Å²) in [5.41, 5.74) is 0.606. The van der Waals surface area contributed by atoms with E-state index < -0.39 is 8.24 Å². The second-order valence-electron chi connectivity index (χ2n) is 4.32. The van der Waals surface area contributed by atoms with E-state index in [0.29, 0.717) is 23.8 Å². The molecule has 0 aliphatic carbocycles. The molecule has 0 unspecified atom stereocenters. The van der Waals surface area contributed by atoms with Crippen molar-refractivity contribution in [2.24, 2.45) is 0 Å². The highest BCUT2D eigenvalue weighted by Gasteiger charge is 2.38. The van der Waals surface area contributed by atoms with Crippen LogP contribution in [0.15, 0.2) is 68.3 Å². The molecule has 0 fully saturated rings. The monoisotopic (exact) mass is 261 g/mol. The van der Waals surface area contributed by atoms with E-state index in [4.69, 9.17) is 0 Å². The molecule has 18 heavy (non-hydrogen) atoms. The lowest BCUT2D eigenvalue weighted by atomic mass is 10.3. The molecule has 3 heteroatoms. The second kappa shape index (κ2) is 6.96. The molecule has 0 aliphatic rings. The van der Waals surface area contributed by atoms with E-state index in [-0.39, 0.29) is 0 Å². The lowest BCUT2D eigenvalue weighted by Gasteiger charge is -2.35. The van der Waals surface area contributed by atoms with Crippen LogP contribution in [0.1, 0.15) is 0 Å². The number of benzene rings is 1. The number of rotatable bonds is 8. The van der Waals surface area contributed by atoms with E-state index in [1.54, 1.807) is 30.4 Å². The Morgan fingerprint density at radius 2 is 1.39 bits per heavy atom. The average molecular weight is 261 g/mol. The topological polar surface area (TPSA) is 3.24 Å². The Labute approximate surface area is 110 Å². The zero-order valence-corrected chi connectivity index (χ0v) is 11.7. The zero-order chi connectivity index (χ0) is 13.4. The summed E-state index contributed by atoms with van der Waals surface area (Å²) in [6.45, 7) is 11.3. The van der Waals surface area contributed by atoms with Crippen molar-refractivity contribution in [2.45, 2.75) is 18.1 Å². The molecular formula is C15H20FNSi. The Kier molecular flexibility index (Phi) is 5.59. The molecule has 0 amide bonds. The van der Waals surface area contributed by atoms with Gasteiger partial charge in [-0.05, 0) is 30.3 Å². The normalized spacial score (nSPS) is 10.7. The molecule has 1 aromatic carbocycles. The Balaban J connectivity index is 3.10. The highest BCUT2D eigenvalue weighted by atomic mass is 28.3. The molecule has 1 aromatic rings. The number of anilines is 1. The summed E-state index contributed by atoms with van der Waals surface area (Å²) in [7, 11) is -2.33. The van der Waals surface area contributed by atoms with Gasteiger partial charge in [0.2, 0.25) is 8.24 Å². The Morgan fingerprint density at radius 1 is 0.944 bits per heavy atom. The smallest absolute Gasteiger partial charge is 0.209 e. The Bertz CT molecular complexity index is 376. The summed E-state index contributed by atoms with van der Waals surface area (Å²) >= 11 is 0. The number of hydrogen-bond donors (Lipinski definition) is 0. The van der Waals surface area contributed by atoms with Crippen molar-refractivity contribution in [2.75, 3.05) is 4.79 Å². The molecule has 0 spiro atoms. The fraction of sp³-hybridized carbons (Fsp3) is 0.200. The molecule has 1 rings (SSSR count). The van der Waals surface area contributed by atoms with Gasteiger partial charge in [0, 0.05) is 0 Å². The van der Waals surface area contributed by atoms with Gasteiger partial charge in [-0.3, -0.25) is 0 Å². The summed E-state index contributed by atoms with van der Waals surface area (Å²) in [5, 5.41) is 0. The predicted octanol–water partition coefficient (Wildman–Crippen LogP) is 4.88. The Morgan fingerprint density at radius 3 is 1.78 bits per heavy atom. The third-order valence-corrected chi connectivity index (χ3v) is 7.21. The minimum Gasteiger partial charge on any atom is -0.242 e. The van der Waals surface area contributed by atoms with Crippen LogP contribution in [0.5, 0.6) is 0 Å². The maximum absolute atomic E-state index is 14.8. The molecular weight excluding hydrogens is 241 g/mol. The summed E-state index contributed by atoms with van der Waals surface area (Å²) in [4.78, 5) is 0.956. The van der Waals surface area contributed by atoms with E-state index in [0.717, 1.165) is 4.79 Å². The van der Waals surface area contributed by atoms with Crippen molar-refractivity contribution in [3.05, 3.63) is 68.3 Å². The average Bonchev–Trinajstić information content (AvgIpc) is 2.39. The lowest BCUT2D eigenvalue weighted by molar-refractivity contribution is 0.518. The lowest BCUT2D eigenvalue weighted by Crippen LogP contribution is -2.48. The van der Waals surface area contributed by atoms with Crippen molar-refractivity contribution in [3.8, 4) is 0 Å². The predicted molar refractivity (Wildman–Crippen MR) is 80.8 cm³/mol. The van der Waals surface area contributed by atoms with Gasteiger partial charge >= 0.3 is 0 Å². The van der Waals surface area contributed by atoms with Crippen LogP contribution in [0, 0.1) is 0 Å². The summed E-state index contributed by atoms with van der Waals surface area (Å²) < 4.78 is 14.8. The molecule has 1 nitrogen and oxygen atoms in total. The molecule has 0 heterocycles. The Hall–Kier alpha value is -1.61. The number of nitrogens with zero attached hydrogens (tertiary/aromatic N) is 1. The summed E-state index contributed by atoms with van der Waals surface area (Å²) in [6.07, 6.45) is 5.40. The standard InChI is InChI=1S/C15H20FNSi/c1-4-12-18(13-5-2,14-6-3)17(16)15-10-8-7-9-11-15/h4-11H,1-3,12-14H2. The molecule has 0 saturated carbocycles. The van der Waals surface area contributed by atoms with Gasteiger partial charge in [0.15, 0.2) is 0 Å². The molecule has 0 bridgehead atoms. The first kappa shape index (κ1) is 14.4. The van der Waals surface area contributed by atoms with Crippen molar-refractivity contribution >= 4 is 13.9 Å². The minimum absolute atomic E-state index is 0.606. The van der Waals surface area contributed by atoms with Gasteiger partial charge in [0.25, 0.3) is 0 Å². The van der Waals surface area contributed by atoms with Crippen molar-refractivity contribution in [1.82, 2.24) is 0 Å². The third-order valence-electron chi connectivity index (χ3n) is 2.97. The van der Waals surface area contributed by atoms with E-state index >= 15 is 0 Å². The maximum Gasteiger partial charge on any atom is 0.209 e. The fourth-order valence-corrected chi connectivity index (χ4v) is 5.42. The molecule has 0 N–H and O–H groups in total. The zero-order valence-electron chi connectivity index (χ0n) is 10.7. The first-order chi connectivity index (χ1) is 8.70. The van der Waals surface area contributed by atoms with E-state index in [1.165, 1.54) is 0 Å². The SMILES string of the molecule is C=CC[Si](CC=C)(CC=C)N(F)c1ccccc1. The van der Waals surface area contributed by atoms with Gasteiger partial charge in [0.05, 0.1) is 5.69 Å². The molecule has 0 aromatic heterocycles. The van der Waals surface area contributed by atoms with Crippen LogP contribution in [0.2, 0.25) is 18.1 Å². The summed E-state index contributed by atoms with van der Waals surface area (Å²) in [5.74, 6) is 0. The number of allylic oxidation sites excluding steroid dienone is 3. The number of halogens is 1. The minimum atomic E-state index is -2.33. The van der Waals surface area contributed by atoms with Crippen LogP contribution in [0.4, 0.5) is 10.2 Å². The fourth-order valence-electron chi connectivity index (χ4n) is 2.13. The van der Waals surface area contributed by atoms with Crippen molar-refractivity contribution < 1.29 is 4.48 Å². The van der Waals surface area contributed by atoms with Crippen LogP contribution >= 0.6 is 0 Å². The molecule has 0 saturated heterocycles. The van der Waals surface area contributed by atoms with E-state index in [9.17, 15) is 4.48 Å². The van der Waals surface area contributed by atoms with Gasteiger partial charge in [-0.25, -0.2) is 4.79 Å². The molecule has 0 atom stereocenters. The maximum atomic E-state index is 14.8. The van der Waals surface area contributed by atoms with E-state index in [1.807, 2.05) is 18.2 Å². The molecule has 0 radical (unpaired) electrons. The summed E-state index contributed by atoms with van der Waals surface area (Å²) in [6, 6.07) is 11.2. The quantitative estimate of drug-likeness (QED) is 0.366. The van der Waals surface area contributed by atoms with Crippen molar-refractivity contribution in [3.63, 3.8) is 0 Å². The van der Waals surface area contributed by atoms with Gasteiger partial charge in [-0.1, -0.05) is 36.4 Å². The van der Waals surface area contributed by atoms with Gasteiger partial charge in [-0.15, -0.1) is 24.2 Å². The molecule has 0 aliphatic heterocycles. The van der Waals surface area contributed by atoms with Crippen LogP contribution in [-0.4, -0.2) is 8.24 Å². The van der Waals surface area contributed by atoms with Crippen LogP contribution in [-0.2, 0) is 0 Å². The first-order valence-corrected chi connectivity index (χ1v) is 8.61. The number of hydrogen-bond acceptors (Lipinski definition) is 1. The van der Waals surface area contributed by atoms with Gasteiger partial charge in [0.1, 0.15) is 0 Å². The molecule has 96 valence electrons. The van der Waals surface area contributed by atoms with Crippen LogP contribution < -0.4 is 4.79 Å². The van der Waals surface area contributed by atoms with Gasteiger partial charge in [-0.2, -0.15) is 0 Å². The first-order valence-electron chi connectivity index (χ1n) is 6.04. The highest BCUT2D eigenvalue weighted by molar-refractivity contribution is 6.83. The van der Waals surface area contributed by atoms with Crippen molar-refractivity contribution in [1.29, 1.82) is 0 Å². The second-order valence-corrected chi connectivity index (χ2v) is 8.39. The largest absolute Gasteiger partial charge is 0.242 e.